The highest BCUT2D eigenvalue weighted by Crippen LogP contribution is 2.28. The Balaban J connectivity index is 1.54. The Bertz CT molecular complexity index is 973. The first-order valence-corrected chi connectivity index (χ1v) is 10.5. The molecule has 0 unspecified atom stereocenters. The minimum absolute atomic E-state index is 0.166. The number of hydrogen-bond donors (Lipinski definition) is 0. The van der Waals surface area contributed by atoms with Crippen molar-refractivity contribution in [2.24, 2.45) is 0 Å². The summed E-state index contributed by atoms with van der Waals surface area (Å²) < 4.78 is 0. The zero-order valence-electron chi connectivity index (χ0n) is 17.9. The molecule has 5 heteroatoms. The van der Waals surface area contributed by atoms with Crippen molar-refractivity contribution in [3.8, 4) is 0 Å². The van der Waals surface area contributed by atoms with Crippen molar-refractivity contribution in [2.75, 3.05) is 31.1 Å². The molecule has 1 aliphatic heterocycles. The predicted octanol–water partition coefficient (Wildman–Crippen LogP) is 3.88. The summed E-state index contributed by atoms with van der Waals surface area (Å²) in [6, 6.07) is 20.1. The summed E-state index contributed by atoms with van der Waals surface area (Å²) in [5.74, 6) is 1.68. The third-order valence-electron chi connectivity index (χ3n) is 5.88. The van der Waals surface area contributed by atoms with Gasteiger partial charge in [0, 0.05) is 37.4 Å². The van der Waals surface area contributed by atoms with Crippen LogP contribution < -0.4 is 4.90 Å². The third-order valence-corrected chi connectivity index (χ3v) is 5.88. The maximum Gasteiger partial charge on any atom is 0.234 e. The second-order valence-corrected chi connectivity index (χ2v) is 7.87. The van der Waals surface area contributed by atoms with Gasteiger partial charge in [0.15, 0.2) is 0 Å². The molecular weight excluding hydrogens is 372 g/mol. The third kappa shape index (κ3) is 4.06. The first kappa shape index (κ1) is 20.1. The van der Waals surface area contributed by atoms with Crippen molar-refractivity contribution in [3.63, 3.8) is 0 Å². The van der Waals surface area contributed by atoms with Gasteiger partial charge in [-0.25, -0.2) is 9.97 Å². The zero-order chi connectivity index (χ0) is 21.1. The van der Waals surface area contributed by atoms with Crippen LogP contribution in [0.3, 0.4) is 0 Å². The van der Waals surface area contributed by atoms with Crippen LogP contribution in [-0.2, 0) is 4.79 Å². The van der Waals surface area contributed by atoms with E-state index in [1.165, 1.54) is 0 Å². The molecule has 30 heavy (non-hydrogen) atoms. The van der Waals surface area contributed by atoms with Gasteiger partial charge < -0.3 is 9.80 Å². The summed E-state index contributed by atoms with van der Waals surface area (Å²) in [7, 11) is 0. The molecule has 0 radical (unpaired) electrons. The maximum absolute atomic E-state index is 13.6. The van der Waals surface area contributed by atoms with Gasteiger partial charge in [-0.3, -0.25) is 4.79 Å². The van der Waals surface area contributed by atoms with Crippen LogP contribution in [0, 0.1) is 20.8 Å². The van der Waals surface area contributed by atoms with E-state index in [0.717, 1.165) is 47.1 Å². The fourth-order valence-corrected chi connectivity index (χ4v) is 4.15. The van der Waals surface area contributed by atoms with E-state index in [-0.39, 0.29) is 11.8 Å². The number of aromatic nitrogens is 2. The summed E-state index contributed by atoms with van der Waals surface area (Å²) in [6.45, 7) is 8.96. The van der Waals surface area contributed by atoms with E-state index >= 15 is 0 Å². The number of amides is 1. The molecule has 3 aromatic rings. The van der Waals surface area contributed by atoms with Gasteiger partial charge in [0.05, 0.1) is 5.92 Å². The monoisotopic (exact) mass is 400 g/mol. The highest BCUT2D eigenvalue weighted by Gasteiger charge is 2.30. The Labute approximate surface area is 178 Å². The highest BCUT2D eigenvalue weighted by molar-refractivity contribution is 5.87. The lowest BCUT2D eigenvalue weighted by Crippen LogP contribution is -2.50. The van der Waals surface area contributed by atoms with E-state index in [9.17, 15) is 4.79 Å². The summed E-state index contributed by atoms with van der Waals surface area (Å²) in [5, 5.41) is 0. The largest absolute Gasteiger partial charge is 0.353 e. The van der Waals surface area contributed by atoms with Gasteiger partial charge in [0.1, 0.15) is 11.6 Å². The SMILES string of the molecule is Cc1nc(C)c(C)c(N2CCN(C(=O)C(c3ccccc3)c3ccccc3)CC2)n1. The molecule has 0 aliphatic carbocycles. The average molecular weight is 401 g/mol. The molecule has 1 aliphatic rings. The first-order chi connectivity index (χ1) is 14.5. The smallest absolute Gasteiger partial charge is 0.234 e. The molecule has 1 saturated heterocycles. The number of benzene rings is 2. The van der Waals surface area contributed by atoms with Gasteiger partial charge in [-0.1, -0.05) is 60.7 Å². The van der Waals surface area contributed by atoms with Gasteiger partial charge in [-0.15, -0.1) is 0 Å². The van der Waals surface area contributed by atoms with Gasteiger partial charge >= 0.3 is 0 Å². The molecule has 0 bridgehead atoms. The molecule has 154 valence electrons. The van der Waals surface area contributed by atoms with E-state index in [1.807, 2.05) is 79.4 Å². The van der Waals surface area contributed by atoms with Crippen molar-refractivity contribution in [2.45, 2.75) is 26.7 Å². The molecule has 0 saturated carbocycles. The van der Waals surface area contributed by atoms with Gasteiger partial charge in [-0.2, -0.15) is 0 Å². The van der Waals surface area contributed by atoms with Crippen molar-refractivity contribution >= 4 is 11.7 Å². The van der Waals surface area contributed by atoms with Crippen LogP contribution in [0.4, 0.5) is 5.82 Å². The standard InChI is InChI=1S/C25H28N4O/c1-18-19(2)26-20(3)27-24(18)28-14-16-29(17-15-28)25(30)23(21-10-6-4-7-11-21)22-12-8-5-9-13-22/h4-13,23H,14-17H2,1-3H3. The van der Waals surface area contributed by atoms with Gasteiger partial charge in [-0.05, 0) is 31.9 Å². The van der Waals surface area contributed by atoms with Crippen LogP contribution >= 0.6 is 0 Å². The Kier molecular flexibility index (Phi) is 5.79. The summed E-state index contributed by atoms with van der Waals surface area (Å²) in [6.07, 6.45) is 0. The summed E-state index contributed by atoms with van der Waals surface area (Å²) in [5.41, 5.74) is 4.21. The molecule has 1 fully saturated rings. The normalized spacial score (nSPS) is 14.3. The van der Waals surface area contributed by atoms with Crippen molar-refractivity contribution in [1.82, 2.24) is 14.9 Å². The minimum Gasteiger partial charge on any atom is -0.353 e. The molecule has 4 rings (SSSR count). The lowest BCUT2D eigenvalue weighted by atomic mass is 9.90. The Hall–Kier alpha value is -3.21. The Morgan fingerprint density at radius 3 is 1.87 bits per heavy atom. The second-order valence-electron chi connectivity index (χ2n) is 7.87. The topological polar surface area (TPSA) is 49.3 Å². The molecule has 1 aromatic heterocycles. The number of aryl methyl sites for hydroxylation is 2. The van der Waals surface area contributed by atoms with Gasteiger partial charge in [0.2, 0.25) is 5.91 Å². The number of piperazine rings is 1. The highest BCUT2D eigenvalue weighted by atomic mass is 16.2. The number of carbonyl (C=O) groups excluding carboxylic acids is 1. The van der Waals surface area contributed by atoms with Gasteiger partial charge in [0.25, 0.3) is 0 Å². The fourth-order valence-electron chi connectivity index (χ4n) is 4.15. The fraction of sp³-hybridized carbons (Fsp3) is 0.320. The maximum atomic E-state index is 13.6. The lowest BCUT2D eigenvalue weighted by Gasteiger charge is -2.38. The number of nitrogens with zero attached hydrogens (tertiary/aromatic N) is 4. The molecule has 0 spiro atoms. The second kappa shape index (κ2) is 8.66. The van der Waals surface area contributed by atoms with Crippen LogP contribution in [0.2, 0.25) is 0 Å². The average Bonchev–Trinajstić information content (AvgIpc) is 2.78. The quantitative estimate of drug-likeness (QED) is 0.667. The molecule has 0 atom stereocenters. The van der Waals surface area contributed by atoms with E-state index in [4.69, 9.17) is 0 Å². The predicted molar refractivity (Wildman–Crippen MR) is 120 cm³/mol. The number of rotatable bonds is 4. The molecule has 5 nitrogen and oxygen atoms in total. The molecule has 2 heterocycles. The summed E-state index contributed by atoms with van der Waals surface area (Å²) >= 11 is 0. The van der Waals surface area contributed by atoms with Crippen molar-refractivity contribution in [3.05, 3.63) is 88.9 Å². The zero-order valence-corrected chi connectivity index (χ0v) is 17.9. The van der Waals surface area contributed by atoms with Crippen LogP contribution in [0.15, 0.2) is 60.7 Å². The van der Waals surface area contributed by atoms with E-state index in [0.29, 0.717) is 13.1 Å². The molecular formula is C25H28N4O. The van der Waals surface area contributed by atoms with Crippen LogP contribution in [0.5, 0.6) is 0 Å². The number of anilines is 1. The number of carbonyl (C=O) groups is 1. The first-order valence-electron chi connectivity index (χ1n) is 10.5. The van der Waals surface area contributed by atoms with E-state index in [1.54, 1.807) is 0 Å². The lowest BCUT2D eigenvalue weighted by molar-refractivity contribution is -0.132. The Morgan fingerprint density at radius 2 is 1.33 bits per heavy atom. The van der Waals surface area contributed by atoms with E-state index < -0.39 is 0 Å². The molecule has 0 N–H and O–H groups in total. The summed E-state index contributed by atoms with van der Waals surface area (Å²) in [4.78, 5) is 27.0. The number of hydrogen-bond acceptors (Lipinski definition) is 4. The van der Waals surface area contributed by atoms with Crippen molar-refractivity contribution in [1.29, 1.82) is 0 Å². The Morgan fingerprint density at radius 1 is 0.800 bits per heavy atom. The van der Waals surface area contributed by atoms with Crippen LogP contribution in [-0.4, -0.2) is 47.0 Å². The van der Waals surface area contributed by atoms with Crippen LogP contribution in [0.1, 0.15) is 34.1 Å². The van der Waals surface area contributed by atoms with Crippen molar-refractivity contribution < 1.29 is 4.79 Å². The molecule has 2 aromatic carbocycles. The minimum atomic E-state index is -0.274. The van der Waals surface area contributed by atoms with Crippen LogP contribution in [0.25, 0.3) is 0 Å². The molecule has 1 amide bonds. The van der Waals surface area contributed by atoms with E-state index in [2.05, 4.69) is 21.8 Å².